The molecule has 0 aliphatic rings. The van der Waals surface area contributed by atoms with Crippen LogP contribution < -0.4 is 10.1 Å². The minimum absolute atomic E-state index is 0.116. The zero-order chi connectivity index (χ0) is 16.1. The first kappa shape index (κ1) is 17.0. The van der Waals surface area contributed by atoms with Crippen molar-refractivity contribution < 1.29 is 9.53 Å². The van der Waals surface area contributed by atoms with Crippen LogP contribution in [0.5, 0.6) is 5.75 Å². The maximum absolute atomic E-state index is 12.4. The number of hydrogen-bond acceptors (Lipinski definition) is 4. The first-order valence-electron chi connectivity index (χ1n) is 6.84. The van der Waals surface area contributed by atoms with E-state index in [1.807, 2.05) is 37.7 Å². The molecule has 1 unspecified atom stereocenters. The number of carbonyl (C=O) groups excluding carboxylic acids is 1. The number of methoxy groups -OCH3 is 1. The maximum Gasteiger partial charge on any atom is 0.252 e. The first-order valence-corrected chi connectivity index (χ1v) is 8.51. The van der Waals surface area contributed by atoms with Gasteiger partial charge in [-0.25, -0.2) is 0 Å². The quantitative estimate of drug-likeness (QED) is 0.830. The van der Waals surface area contributed by atoms with Gasteiger partial charge in [0.1, 0.15) is 5.75 Å². The van der Waals surface area contributed by atoms with Gasteiger partial charge in [0.05, 0.1) is 18.7 Å². The Hall–Kier alpha value is -1.37. The second-order valence-corrected chi connectivity index (χ2v) is 6.88. The second-order valence-electron chi connectivity index (χ2n) is 5.05. The van der Waals surface area contributed by atoms with Crippen molar-refractivity contribution in [3.63, 3.8) is 0 Å². The zero-order valence-electron chi connectivity index (χ0n) is 12.8. The van der Waals surface area contributed by atoms with Crippen molar-refractivity contribution in [3.8, 4) is 5.75 Å². The van der Waals surface area contributed by atoms with Gasteiger partial charge in [-0.1, -0.05) is 6.07 Å². The number of nitrogens with zero attached hydrogens (tertiary/aromatic N) is 1. The SMILES string of the molecule is COc1ccc(Br)c(C(=O)NCC(c2cccs2)N(C)C)c1. The van der Waals surface area contributed by atoms with Gasteiger partial charge in [-0.3, -0.25) is 4.79 Å². The van der Waals surface area contributed by atoms with Crippen LogP contribution in [0.25, 0.3) is 0 Å². The highest BCUT2D eigenvalue weighted by atomic mass is 79.9. The standard InChI is InChI=1S/C16H19BrN2O2S/c1-19(2)14(15-5-4-8-22-15)10-18-16(20)12-9-11(21-3)6-7-13(12)17/h4-9,14H,10H2,1-3H3,(H,18,20). The summed E-state index contributed by atoms with van der Waals surface area (Å²) in [6, 6.07) is 9.63. The molecule has 118 valence electrons. The van der Waals surface area contributed by atoms with Crippen LogP contribution in [0.2, 0.25) is 0 Å². The fourth-order valence-corrected chi connectivity index (χ4v) is 3.46. The molecule has 1 atom stereocenters. The van der Waals surface area contributed by atoms with Gasteiger partial charge < -0.3 is 15.0 Å². The van der Waals surface area contributed by atoms with Gasteiger partial charge in [0, 0.05) is 15.9 Å². The summed E-state index contributed by atoms with van der Waals surface area (Å²) in [5.41, 5.74) is 0.572. The lowest BCUT2D eigenvalue weighted by Crippen LogP contribution is -2.34. The largest absolute Gasteiger partial charge is 0.497 e. The molecule has 0 bridgehead atoms. The summed E-state index contributed by atoms with van der Waals surface area (Å²) < 4.78 is 5.93. The molecule has 6 heteroatoms. The summed E-state index contributed by atoms with van der Waals surface area (Å²) in [7, 11) is 5.61. The summed E-state index contributed by atoms with van der Waals surface area (Å²) in [4.78, 5) is 15.8. The molecule has 1 aromatic carbocycles. The second kappa shape index (κ2) is 7.76. The van der Waals surface area contributed by atoms with Crippen molar-refractivity contribution in [1.82, 2.24) is 10.2 Å². The lowest BCUT2D eigenvalue weighted by atomic mass is 10.1. The van der Waals surface area contributed by atoms with Crippen LogP contribution in [-0.4, -0.2) is 38.6 Å². The Morgan fingerprint density at radius 3 is 2.77 bits per heavy atom. The van der Waals surface area contributed by atoms with Crippen LogP contribution in [0, 0.1) is 0 Å². The molecule has 0 saturated carbocycles. The molecule has 4 nitrogen and oxygen atoms in total. The minimum Gasteiger partial charge on any atom is -0.497 e. The molecule has 0 radical (unpaired) electrons. The van der Waals surface area contributed by atoms with E-state index in [0.717, 1.165) is 4.47 Å². The number of carbonyl (C=O) groups is 1. The third-order valence-corrected chi connectivity index (χ3v) is 5.03. The minimum atomic E-state index is -0.116. The predicted octanol–water partition coefficient (Wildman–Crippen LogP) is 3.55. The molecule has 1 aromatic heterocycles. The van der Waals surface area contributed by atoms with E-state index in [1.165, 1.54) is 4.88 Å². The van der Waals surface area contributed by atoms with Gasteiger partial charge in [0.2, 0.25) is 0 Å². The Kier molecular flexibility index (Phi) is 5.99. The van der Waals surface area contributed by atoms with Crippen LogP contribution in [-0.2, 0) is 0 Å². The molecule has 2 rings (SSSR count). The number of thiophene rings is 1. The molecule has 0 aliphatic heterocycles. The van der Waals surface area contributed by atoms with Gasteiger partial charge in [-0.05, 0) is 59.7 Å². The van der Waals surface area contributed by atoms with Crippen LogP contribution in [0.4, 0.5) is 0 Å². The molecule has 2 aromatic rings. The van der Waals surface area contributed by atoms with Crippen molar-refractivity contribution in [2.45, 2.75) is 6.04 Å². The highest BCUT2D eigenvalue weighted by Crippen LogP contribution is 2.24. The van der Waals surface area contributed by atoms with Gasteiger partial charge in [-0.15, -0.1) is 11.3 Å². The van der Waals surface area contributed by atoms with Gasteiger partial charge in [0.25, 0.3) is 5.91 Å². The summed E-state index contributed by atoms with van der Waals surface area (Å²) in [6.45, 7) is 0.552. The predicted molar refractivity (Wildman–Crippen MR) is 93.8 cm³/mol. The Labute approximate surface area is 143 Å². The van der Waals surface area contributed by atoms with Crippen molar-refractivity contribution in [1.29, 1.82) is 0 Å². The molecule has 0 saturated heterocycles. The zero-order valence-corrected chi connectivity index (χ0v) is 15.2. The smallest absolute Gasteiger partial charge is 0.252 e. The monoisotopic (exact) mass is 382 g/mol. The molecule has 22 heavy (non-hydrogen) atoms. The average Bonchev–Trinajstić information content (AvgIpc) is 3.01. The fraction of sp³-hybridized carbons (Fsp3) is 0.312. The summed E-state index contributed by atoms with van der Waals surface area (Å²) in [5, 5.41) is 5.05. The number of ether oxygens (including phenoxy) is 1. The molecule has 1 amide bonds. The molecule has 1 N–H and O–H groups in total. The molecule has 0 spiro atoms. The van der Waals surface area contributed by atoms with E-state index in [1.54, 1.807) is 24.5 Å². The third kappa shape index (κ3) is 4.09. The summed E-state index contributed by atoms with van der Waals surface area (Å²) >= 11 is 5.10. The van der Waals surface area contributed by atoms with Crippen molar-refractivity contribution in [2.75, 3.05) is 27.7 Å². The van der Waals surface area contributed by atoms with E-state index in [4.69, 9.17) is 4.74 Å². The Balaban J connectivity index is 2.08. The molecule has 1 heterocycles. The van der Waals surface area contributed by atoms with Gasteiger partial charge in [0.15, 0.2) is 0 Å². The highest BCUT2D eigenvalue weighted by molar-refractivity contribution is 9.10. The molecular weight excluding hydrogens is 364 g/mol. The highest BCUT2D eigenvalue weighted by Gasteiger charge is 2.18. The van der Waals surface area contributed by atoms with Crippen molar-refractivity contribution >= 4 is 33.2 Å². The van der Waals surface area contributed by atoms with Crippen LogP contribution in [0.15, 0.2) is 40.2 Å². The molecule has 0 fully saturated rings. The van der Waals surface area contributed by atoms with E-state index in [2.05, 4.69) is 32.2 Å². The third-order valence-electron chi connectivity index (χ3n) is 3.37. The summed E-state index contributed by atoms with van der Waals surface area (Å²) in [6.07, 6.45) is 0. The van der Waals surface area contributed by atoms with E-state index in [0.29, 0.717) is 17.9 Å². The molecule has 0 aliphatic carbocycles. The number of nitrogens with one attached hydrogen (secondary N) is 1. The van der Waals surface area contributed by atoms with Crippen molar-refractivity contribution in [2.24, 2.45) is 0 Å². The lowest BCUT2D eigenvalue weighted by Gasteiger charge is -2.23. The van der Waals surface area contributed by atoms with E-state index >= 15 is 0 Å². The Morgan fingerprint density at radius 1 is 1.41 bits per heavy atom. The molecular formula is C16H19BrN2O2S. The maximum atomic E-state index is 12.4. The number of amides is 1. The van der Waals surface area contributed by atoms with Crippen LogP contribution in [0.3, 0.4) is 0 Å². The number of rotatable bonds is 6. The Bertz CT molecular complexity index is 629. The Morgan fingerprint density at radius 2 is 2.18 bits per heavy atom. The van der Waals surface area contributed by atoms with E-state index in [9.17, 15) is 4.79 Å². The topological polar surface area (TPSA) is 41.6 Å². The lowest BCUT2D eigenvalue weighted by molar-refractivity contribution is 0.0941. The number of hydrogen-bond donors (Lipinski definition) is 1. The summed E-state index contributed by atoms with van der Waals surface area (Å²) in [5.74, 6) is 0.546. The fourth-order valence-electron chi connectivity index (χ4n) is 2.11. The number of likely N-dealkylation sites (N-methyl/N-ethyl adjacent to an activating group) is 1. The number of halogens is 1. The van der Waals surface area contributed by atoms with Crippen LogP contribution >= 0.6 is 27.3 Å². The van der Waals surface area contributed by atoms with Crippen LogP contribution in [0.1, 0.15) is 21.3 Å². The van der Waals surface area contributed by atoms with E-state index < -0.39 is 0 Å². The number of benzene rings is 1. The van der Waals surface area contributed by atoms with Crippen molar-refractivity contribution in [3.05, 3.63) is 50.6 Å². The van der Waals surface area contributed by atoms with Gasteiger partial charge in [-0.2, -0.15) is 0 Å². The first-order chi connectivity index (χ1) is 10.5. The average molecular weight is 383 g/mol. The van der Waals surface area contributed by atoms with Gasteiger partial charge >= 0.3 is 0 Å². The van der Waals surface area contributed by atoms with E-state index in [-0.39, 0.29) is 11.9 Å². The normalized spacial score (nSPS) is 12.2.